The molecule has 0 saturated carbocycles. The van der Waals surface area contributed by atoms with Crippen LogP contribution in [0.3, 0.4) is 0 Å². The van der Waals surface area contributed by atoms with Crippen LogP contribution in [0.5, 0.6) is 5.88 Å². The third-order valence-corrected chi connectivity index (χ3v) is 4.04. The van der Waals surface area contributed by atoms with Crippen LogP contribution >= 0.6 is 0 Å². The third-order valence-electron chi connectivity index (χ3n) is 4.04. The van der Waals surface area contributed by atoms with E-state index in [1.807, 2.05) is 11.8 Å². The van der Waals surface area contributed by atoms with Crippen molar-refractivity contribution in [2.75, 3.05) is 32.8 Å². The van der Waals surface area contributed by atoms with Crippen LogP contribution in [0.4, 0.5) is 13.2 Å². The molecule has 1 aliphatic rings. The first-order valence-electron chi connectivity index (χ1n) is 9.32. The number of halogens is 3. The molecule has 156 valence electrons. The summed E-state index contributed by atoms with van der Waals surface area (Å²) in [5.74, 6) is 0.663. The molecule has 1 aliphatic heterocycles. The van der Waals surface area contributed by atoms with E-state index in [2.05, 4.69) is 20.6 Å². The van der Waals surface area contributed by atoms with Crippen molar-refractivity contribution < 1.29 is 22.7 Å². The minimum atomic E-state index is -4.43. The molecule has 2 rings (SSSR count). The average molecular weight is 401 g/mol. The van der Waals surface area contributed by atoms with Crippen molar-refractivity contribution in [2.24, 2.45) is 4.99 Å². The lowest BCUT2D eigenvalue weighted by Gasteiger charge is -2.16. The number of alkyl halides is 3. The Balaban J connectivity index is 1.86. The molecule has 1 fully saturated rings. The fourth-order valence-electron chi connectivity index (χ4n) is 2.75. The van der Waals surface area contributed by atoms with Gasteiger partial charge in [-0.2, -0.15) is 13.2 Å². The van der Waals surface area contributed by atoms with Gasteiger partial charge in [0.1, 0.15) is 0 Å². The van der Waals surface area contributed by atoms with Gasteiger partial charge in [-0.05, 0) is 25.8 Å². The average Bonchev–Trinajstić information content (AvgIpc) is 3.06. The van der Waals surface area contributed by atoms with Gasteiger partial charge in [0.2, 0.25) is 11.8 Å². The number of amides is 1. The van der Waals surface area contributed by atoms with Gasteiger partial charge in [0, 0.05) is 44.4 Å². The van der Waals surface area contributed by atoms with Crippen molar-refractivity contribution in [3.05, 3.63) is 23.9 Å². The number of nitrogens with one attached hydrogen (secondary N) is 2. The second-order valence-corrected chi connectivity index (χ2v) is 6.33. The van der Waals surface area contributed by atoms with Gasteiger partial charge in [-0.15, -0.1) is 0 Å². The summed E-state index contributed by atoms with van der Waals surface area (Å²) in [4.78, 5) is 21.7. The standard InChI is InChI=1S/C18H26F3N5O2/c1-2-22-17(24-9-5-11-26-10-4-7-15(26)27)25-12-14-6-3-8-23-16(14)28-13-18(19,20)21/h3,6,8H,2,4-5,7,9-13H2,1H3,(H2,22,24,25). The van der Waals surface area contributed by atoms with E-state index < -0.39 is 12.8 Å². The Morgan fingerprint density at radius 3 is 2.89 bits per heavy atom. The molecule has 28 heavy (non-hydrogen) atoms. The van der Waals surface area contributed by atoms with E-state index in [1.54, 1.807) is 12.1 Å². The highest BCUT2D eigenvalue weighted by atomic mass is 19.4. The second kappa shape index (κ2) is 10.7. The number of rotatable bonds is 9. The summed E-state index contributed by atoms with van der Waals surface area (Å²) in [5.41, 5.74) is 0.464. The van der Waals surface area contributed by atoms with Crippen LogP contribution in [0, 0.1) is 0 Å². The zero-order chi connectivity index (χ0) is 20.4. The van der Waals surface area contributed by atoms with Crippen LogP contribution in [0.1, 0.15) is 31.7 Å². The van der Waals surface area contributed by atoms with Gasteiger partial charge in [-0.3, -0.25) is 4.79 Å². The number of ether oxygens (including phenoxy) is 1. The van der Waals surface area contributed by atoms with Gasteiger partial charge in [0.15, 0.2) is 12.6 Å². The number of aliphatic imine (C=N–C) groups is 1. The first-order valence-corrected chi connectivity index (χ1v) is 9.32. The maximum atomic E-state index is 12.4. The van der Waals surface area contributed by atoms with Crippen molar-refractivity contribution >= 4 is 11.9 Å². The number of carbonyl (C=O) groups excluding carboxylic acids is 1. The van der Waals surface area contributed by atoms with E-state index in [0.717, 1.165) is 19.4 Å². The summed E-state index contributed by atoms with van der Waals surface area (Å²) < 4.78 is 41.9. The van der Waals surface area contributed by atoms with Crippen LogP contribution in [0.25, 0.3) is 0 Å². The van der Waals surface area contributed by atoms with Crippen molar-refractivity contribution in [3.8, 4) is 5.88 Å². The van der Waals surface area contributed by atoms with Gasteiger partial charge < -0.3 is 20.3 Å². The predicted molar refractivity (Wildman–Crippen MR) is 99.0 cm³/mol. The number of hydrogen-bond donors (Lipinski definition) is 2. The van der Waals surface area contributed by atoms with E-state index in [0.29, 0.717) is 37.6 Å². The Kier molecular flexibility index (Phi) is 8.34. The molecule has 0 spiro atoms. The lowest BCUT2D eigenvalue weighted by molar-refractivity contribution is -0.154. The molecule has 0 bridgehead atoms. The molecular weight excluding hydrogens is 375 g/mol. The first-order chi connectivity index (χ1) is 13.4. The maximum absolute atomic E-state index is 12.4. The second-order valence-electron chi connectivity index (χ2n) is 6.33. The van der Waals surface area contributed by atoms with E-state index >= 15 is 0 Å². The van der Waals surface area contributed by atoms with Gasteiger partial charge in [0.05, 0.1) is 6.54 Å². The molecule has 2 heterocycles. The normalized spacial score (nSPS) is 15.1. The number of hydrogen-bond acceptors (Lipinski definition) is 4. The highest BCUT2D eigenvalue weighted by molar-refractivity contribution is 5.80. The smallest absolute Gasteiger partial charge is 0.422 e. The van der Waals surface area contributed by atoms with E-state index in [9.17, 15) is 18.0 Å². The van der Waals surface area contributed by atoms with Gasteiger partial charge in [0.25, 0.3) is 0 Å². The van der Waals surface area contributed by atoms with E-state index in [4.69, 9.17) is 4.74 Å². The van der Waals surface area contributed by atoms with Gasteiger partial charge >= 0.3 is 6.18 Å². The molecule has 1 aromatic rings. The summed E-state index contributed by atoms with van der Waals surface area (Å²) >= 11 is 0. The first kappa shape index (κ1) is 21.8. The summed E-state index contributed by atoms with van der Waals surface area (Å²) in [6.07, 6.45) is -0.724. The number of nitrogens with zero attached hydrogens (tertiary/aromatic N) is 3. The molecule has 0 radical (unpaired) electrons. The molecule has 10 heteroatoms. The fourth-order valence-corrected chi connectivity index (χ4v) is 2.75. The number of pyridine rings is 1. The molecule has 0 aromatic carbocycles. The Bertz CT molecular complexity index is 667. The molecule has 2 N–H and O–H groups in total. The molecule has 1 aromatic heterocycles. The molecule has 1 amide bonds. The van der Waals surface area contributed by atoms with Gasteiger partial charge in [-0.25, -0.2) is 9.98 Å². The summed E-state index contributed by atoms with van der Waals surface area (Å²) in [6, 6.07) is 3.25. The Hall–Kier alpha value is -2.52. The van der Waals surface area contributed by atoms with Crippen molar-refractivity contribution in [1.82, 2.24) is 20.5 Å². The molecule has 7 nitrogen and oxygen atoms in total. The monoisotopic (exact) mass is 401 g/mol. The molecule has 0 unspecified atom stereocenters. The van der Waals surface area contributed by atoms with Gasteiger partial charge in [-0.1, -0.05) is 6.07 Å². The highest BCUT2D eigenvalue weighted by Gasteiger charge is 2.29. The Morgan fingerprint density at radius 2 is 2.21 bits per heavy atom. The minimum absolute atomic E-state index is 0.0769. The van der Waals surface area contributed by atoms with Crippen LogP contribution in [0.15, 0.2) is 23.3 Å². The van der Waals surface area contributed by atoms with E-state index in [1.165, 1.54) is 6.20 Å². The Morgan fingerprint density at radius 1 is 1.39 bits per heavy atom. The summed E-state index contributed by atoms with van der Waals surface area (Å²) in [5, 5.41) is 6.25. The topological polar surface area (TPSA) is 78.9 Å². The molecule has 0 aliphatic carbocycles. The highest BCUT2D eigenvalue weighted by Crippen LogP contribution is 2.20. The van der Waals surface area contributed by atoms with Crippen molar-refractivity contribution in [3.63, 3.8) is 0 Å². The zero-order valence-electron chi connectivity index (χ0n) is 15.9. The maximum Gasteiger partial charge on any atom is 0.422 e. The predicted octanol–water partition coefficient (Wildman–Crippen LogP) is 2.09. The Labute approximate surface area is 162 Å². The SMILES string of the molecule is CCNC(=NCc1cccnc1OCC(F)(F)F)NCCCN1CCCC1=O. The number of carbonyl (C=O) groups is 1. The minimum Gasteiger partial charge on any atom is -0.468 e. The molecular formula is C18H26F3N5O2. The van der Waals surface area contributed by atoms with Crippen LogP contribution in [-0.4, -0.2) is 60.7 Å². The lowest BCUT2D eigenvalue weighted by Crippen LogP contribution is -2.39. The van der Waals surface area contributed by atoms with E-state index in [-0.39, 0.29) is 18.3 Å². The molecule has 0 atom stereocenters. The molecule has 1 saturated heterocycles. The third kappa shape index (κ3) is 7.61. The number of guanidine groups is 1. The van der Waals surface area contributed by atoms with Crippen molar-refractivity contribution in [1.29, 1.82) is 0 Å². The fraction of sp³-hybridized carbons (Fsp3) is 0.611. The van der Waals surface area contributed by atoms with Crippen LogP contribution < -0.4 is 15.4 Å². The zero-order valence-corrected chi connectivity index (χ0v) is 15.9. The van der Waals surface area contributed by atoms with Crippen LogP contribution in [0.2, 0.25) is 0 Å². The number of likely N-dealkylation sites (tertiary alicyclic amines) is 1. The summed E-state index contributed by atoms with van der Waals surface area (Å²) in [6.45, 7) is 3.43. The van der Waals surface area contributed by atoms with Crippen LogP contribution in [-0.2, 0) is 11.3 Å². The largest absolute Gasteiger partial charge is 0.468 e. The number of aromatic nitrogens is 1. The lowest BCUT2D eigenvalue weighted by atomic mass is 10.3. The summed E-state index contributed by atoms with van der Waals surface area (Å²) in [7, 11) is 0. The quantitative estimate of drug-likeness (QED) is 0.376. The van der Waals surface area contributed by atoms with Crippen molar-refractivity contribution in [2.45, 2.75) is 38.9 Å².